The number of hydrazone groups is 1. The van der Waals surface area contributed by atoms with Gasteiger partial charge >= 0.3 is 5.97 Å². The Labute approximate surface area is 109 Å². The predicted octanol–water partition coefficient (Wildman–Crippen LogP) is 3.10. The Morgan fingerprint density at radius 2 is 2.12 bits per heavy atom. The number of halogens is 2. The summed E-state index contributed by atoms with van der Waals surface area (Å²) in [6, 6.07) is 5.12. The number of hydrogen-bond acceptors (Lipinski definition) is 4. The molecule has 0 spiro atoms. The monoisotopic (exact) mass is 272 g/mol. The summed E-state index contributed by atoms with van der Waals surface area (Å²) in [4.78, 5) is 11.0. The third-order valence-corrected chi connectivity index (χ3v) is 3.00. The second-order valence-electron chi connectivity index (χ2n) is 3.57. The van der Waals surface area contributed by atoms with Crippen LogP contribution in [0.15, 0.2) is 23.3 Å². The molecule has 0 amide bonds. The van der Waals surface area contributed by atoms with Crippen molar-refractivity contribution in [1.29, 1.82) is 0 Å². The van der Waals surface area contributed by atoms with E-state index in [0.717, 1.165) is 11.4 Å². The van der Waals surface area contributed by atoms with Crippen molar-refractivity contribution in [3.05, 3.63) is 28.2 Å². The molecule has 17 heavy (non-hydrogen) atoms. The van der Waals surface area contributed by atoms with Crippen molar-refractivity contribution in [3.63, 3.8) is 0 Å². The molecule has 0 saturated carbocycles. The maximum Gasteiger partial charge on any atom is 0.311 e. The molecule has 0 radical (unpaired) electrons. The van der Waals surface area contributed by atoms with Gasteiger partial charge in [-0.05, 0) is 18.2 Å². The lowest BCUT2D eigenvalue weighted by molar-refractivity contribution is -0.143. The second-order valence-corrected chi connectivity index (χ2v) is 4.38. The van der Waals surface area contributed by atoms with Crippen molar-refractivity contribution in [3.8, 4) is 0 Å². The summed E-state index contributed by atoms with van der Waals surface area (Å²) >= 11 is 11.7. The molecule has 0 unspecified atom stereocenters. The van der Waals surface area contributed by atoms with Crippen LogP contribution in [0.25, 0.3) is 0 Å². The SMILES string of the molecule is O=C1C/C(=N/Nc2ccc(Cl)c(Cl)c2)CCO1. The Morgan fingerprint density at radius 1 is 1.29 bits per heavy atom. The van der Waals surface area contributed by atoms with Gasteiger partial charge in [0.25, 0.3) is 0 Å². The normalized spacial score (nSPS) is 18.0. The molecule has 0 aromatic heterocycles. The molecule has 4 nitrogen and oxygen atoms in total. The fourth-order valence-electron chi connectivity index (χ4n) is 1.39. The van der Waals surface area contributed by atoms with E-state index in [-0.39, 0.29) is 12.4 Å². The molecule has 1 heterocycles. The minimum absolute atomic E-state index is 0.230. The van der Waals surface area contributed by atoms with E-state index in [9.17, 15) is 4.79 Å². The number of nitrogens with one attached hydrogen (secondary N) is 1. The van der Waals surface area contributed by atoms with Gasteiger partial charge in [0.2, 0.25) is 0 Å². The Hall–Kier alpha value is -1.26. The van der Waals surface area contributed by atoms with Crippen molar-refractivity contribution < 1.29 is 9.53 Å². The van der Waals surface area contributed by atoms with Gasteiger partial charge in [-0.1, -0.05) is 23.2 Å². The number of nitrogens with zero attached hydrogens (tertiary/aromatic N) is 1. The standard InChI is InChI=1S/C11H10Cl2N2O2/c12-9-2-1-7(5-10(9)13)14-15-8-3-4-17-11(16)6-8/h1-2,5,14H,3-4,6H2/b15-8+. The molecule has 1 saturated heterocycles. The highest BCUT2D eigenvalue weighted by molar-refractivity contribution is 6.42. The summed E-state index contributed by atoms with van der Waals surface area (Å²) < 4.78 is 4.81. The first-order chi connectivity index (χ1) is 8.15. The average molecular weight is 273 g/mol. The molecule has 6 heteroatoms. The van der Waals surface area contributed by atoms with Crippen molar-refractivity contribution in [2.45, 2.75) is 12.8 Å². The molecule has 1 aromatic rings. The van der Waals surface area contributed by atoms with Gasteiger partial charge in [-0.3, -0.25) is 10.2 Å². The molecule has 0 aliphatic carbocycles. The van der Waals surface area contributed by atoms with Gasteiger partial charge in [0.15, 0.2) is 0 Å². The minimum Gasteiger partial charge on any atom is -0.465 e. The van der Waals surface area contributed by atoms with Crippen LogP contribution in [0.4, 0.5) is 5.69 Å². The number of rotatable bonds is 2. The topological polar surface area (TPSA) is 50.7 Å². The first-order valence-electron chi connectivity index (χ1n) is 5.07. The van der Waals surface area contributed by atoms with Crippen LogP contribution in [0.3, 0.4) is 0 Å². The maximum absolute atomic E-state index is 11.0. The molecular formula is C11H10Cl2N2O2. The van der Waals surface area contributed by atoms with Crippen molar-refractivity contribution in [2.75, 3.05) is 12.0 Å². The van der Waals surface area contributed by atoms with Crippen molar-refractivity contribution in [1.82, 2.24) is 0 Å². The van der Waals surface area contributed by atoms with E-state index in [1.807, 2.05) is 0 Å². The Bertz CT molecular complexity index is 475. The number of anilines is 1. The number of esters is 1. The van der Waals surface area contributed by atoms with E-state index in [2.05, 4.69) is 10.5 Å². The molecule has 1 aliphatic rings. The van der Waals surface area contributed by atoms with Crippen molar-refractivity contribution >= 4 is 40.6 Å². The van der Waals surface area contributed by atoms with Crippen LogP contribution in [-0.2, 0) is 9.53 Å². The van der Waals surface area contributed by atoms with Crippen LogP contribution in [0.2, 0.25) is 10.0 Å². The highest BCUT2D eigenvalue weighted by Gasteiger charge is 2.15. The van der Waals surface area contributed by atoms with Crippen LogP contribution in [-0.4, -0.2) is 18.3 Å². The van der Waals surface area contributed by atoms with Crippen LogP contribution < -0.4 is 5.43 Å². The largest absolute Gasteiger partial charge is 0.465 e. The first-order valence-corrected chi connectivity index (χ1v) is 5.83. The van der Waals surface area contributed by atoms with Gasteiger partial charge in [-0.25, -0.2) is 0 Å². The third-order valence-electron chi connectivity index (χ3n) is 2.26. The minimum atomic E-state index is -0.245. The molecule has 2 rings (SSSR count). The van der Waals surface area contributed by atoms with E-state index in [1.54, 1.807) is 18.2 Å². The highest BCUT2D eigenvalue weighted by Crippen LogP contribution is 2.25. The third kappa shape index (κ3) is 3.35. The second kappa shape index (κ2) is 5.38. The number of carbonyl (C=O) groups is 1. The number of hydrogen-bond donors (Lipinski definition) is 1. The van der Waals surface area contributed by atoms with Gasteiger partial charge in [-0.2, -0.15) is 5.10 Å². The van der Waals surface area contributed by atoms with E-state index in [1.165, 1.54) is 0 Å². The number of ether oxygens (including phenoxy) is 1. The maximum atomic E-state index is 11.0. The molecule has 1 fully saturated rings. The average Bonchev–Trinajstić information content (AvgIpc) is 2.31. The van der Waals surface area contributed by atoms with E-state index in [4.69, 9.17) is 27.9 Å². The summed E-state index contributed by atoms with van der Waals surface area (Å²) in [6.45, 7) is 0.390. The smallest absolute Gasteiger partial charge is 0.311 e. The molecule has 0 bridgehead atoms. The zero-order valence-corrected chi connectivity index (χ0v) is 10.4. The van der Waals surface area contributed by atoms with Gasteiger partial charge < -0.3 is 4.74 Å². The zero-order valence-electron chi connectivity index (χ0n) is 8.87. The van der Waals surface area contributed by atoms with E-state index >= 15 is 0 Å². The van der Waals surface area contributed by atoms with E-state index in [0.29, 0.717) is 23.1 Å². The lowest BCUT2D eigenvalue weighted by atomic mass is 10.2. The summed E-state index contributed by atoms with van der Waals surface area (Å²) in [7, 11) is 0. The molecule has 90 valence electrons. The molecule has 1 aromatic carbocycles. The van der Waals surface area contributed by atoms with Gasteiger partial charge in [0, 0.05) is 6.42 Å². The molecule has 1 N–H and O–H groups in total. The predicted molar refractivity (Wildman–Crippen MR) is 67.7 cm³/mol. The Balaban J connectivity index is 2.03. The first kappa shape index (κ1) is 12.2. The fourth-order valence-corrected chi connectivity index (χ4v) is 1.69. The van der Waals surface area contributed by atoms with Crippen LogP contribution >= 0.6 is 23.2 Å². The lowest BCUT2D eigenvalue weighted by Crippen LogP contribution is -2.21. The van der Waals surface area contributed by atoms with Crippen LogP contribution in [0, 0.1) is 0 Å². The van der Waals surface area contributed by atoms with Gasteiger partial charge in [-0.15, -0.1) is 0 Å². The molecule has 0 atom stereocenters. The summed E-state index contributed by atoms with van der Waals surface area (Å²) in [5, 5.41) is 5.09. The summed E-state index contributed by atoms with van der Waals surface area (Å²) in [6.07, 6.45) is 0.883. The summed E-state index contributed by atoms with van der Waals surface area (Å²) in [5.74, 6) is -0.245. The molecular weight excluding hydrogens is 263 g/mol. The van der Waals surface area contributed by atoms with Gasteiger partial charge in [0.05, 0.1) is 34.5 Å². The summed E-state index contributed by atoms with van der Waals surface area (Å²) in [5.41, 5.74) is 4.34. The number of benzene rings is 1. The lowest BCUT2D eigenvalue weighted by Gasteiger charge is -2.13. The quantitative estimate of drug-likeness (QED) is 0.665. The van der Waals surface area contributed by atoms with Gasteiger partial charge in [0.1, 0.15) is 0 Å². The Morgan fingerprint density at radius 3 is 2.82 bits per heavy atom. The molecule has 1 aliphatic heterocycles. The number of cyclic esters (lactones) is 1. The van der Waals surface area contributed by atoms with Crippen LogP contribution in [0.5, 0.6) is 0 Å². The fraction of sp³-hybridized carbons (Fsp3) is 0.273. The highest BCUT2D eigenvalue weighted by atomic mass is 35.5. The van der Waals surface area contributed by atoms with Crippen LogP contribution in [0.1, 0.15) is 12.8 Å². The van der Waals surface area contributed by atoms with Crippen molar-refractivity contribution in [2.24, 2.45) is 5.10 Å². The van der Waals surface area contributed by atoms with E-state index < -0.39 is 0 Å². The zero-order chi connectivity index (χ0) is 12.3. The Kier molecular flexibility index (Phi) is 3.86. The number of carbonyl (C=O) groups excluding carboxylic acids is 1.